The number of anilines is 1. The molecule has 0 radical (unpaired) electrons. The Morgan fingerprint density at radius 3 is 2.48 bits per heavy atom. The molecule has 1 amide bonds. The zero-order valence-electron chi connectivity index (χ0n) is 13.4. The summed E-state index contributed by atoms with van der Waals surface area (Å²) >= 11 is 0. The highest BCUT2D eigenvalue weighted by Gasteiger charge is 2.16. The molecule has 1 fully saturated rings. The van der Waals surface area contributed by atoms with Gasteiger partial charge in [0.1, 0.15) is 0 Å². The number of hydrogen-bond donors (Lipinski definition) is 1. The van der Waals surface area contributed by atoms with E-state index in [4.69, 9.17) is 0 Å². The molecule has 0 spiro atoms. The number of nitrogens with one attached hydrogen (secondary N) is 1. The number of benzene rings is 1. The van der Waals surface area contributed by atoms with Crippen LogP contribution in [0.2, 0.25) is 0 Å². The van der Waals surface area contributed by atoms with Gasteiger partial charge in [-0.3, -0.25) is 4.79 Å². The van der Waals surface area contributed by atoms with Crippen molar-refractivity contribution in [3.05, 3.63) is 53.9 Å². The van der Waals surface area contributed by atoms with Gasteiger partial charge in [-0.2, -0.15) is 0 Å². The summed E-state index contributed by atoms with van der Waals surface area (Å²) in [6.07, 6.45) is 5.60. The van der Waals surface area contributed by atoms with Crippen LogP contribution in [0.1, 0.15) is 41.6 Å². The van der Waals surface area contributed by atoms with Crippen molar-refractivity contribution in [2.45, 2.75) is 25.7 Å². The summed E-state index contributed by atoms with van der Waals surface area (Å²) in [5.74, 6) is 0.863. The molecule has 5 heteroatoms. The lowest BCUT2D eigenvalue weighted by molar-refractivity contribution is 0.0951. The van der Waals surface area contributed by atoms with Crippen molar-refractivity contribution in [3.63, 3.8) is 0 Å². The third-order valence-corrected chi connectivity index (χ3v) is 4.23. The van der Waals surface area contributed by atoms with Crippen LogP contribution in [-0.4, -0.2) is 35.5 Å². The highest BCUT2D eigenvalue weighted by atomic mass is 16.1. The smallest absolute Gasteiger partial charge is 0.254 e. The van der Waals surface area contributed by atoms with E-state index in [9.17, 15) is 4.79 Å². The topological polar surface area (TPSA) is 58.1 Å². The van der Waals surface area contributed by atoms with Crippen LogP contribution in [0.25, 0.3) is 0 Å². The van der Waals surface area contributed by atoms with Crippen molar-refractivity contribution in [1.29, 1.82) is 0 Å². The van der Waals surface area contributed by atoms with Crippen LogP contribution < -0.4 is 10.2 Å². The Labute approximate surface area is 136 Å². The maximum atomic E-state index is 12.2. The molecule has 0 bridgehead atoms. The highest BCUT2D eigenvalue weighted by molar-refractivity contribution is 5.93. The van der Waals surface area contributed by atoms with Gasteiger partial charge in [-0.25, -0.2) is 9.97 Å². The van der Waals surface area contributed by atoms with E-state index >= 15 is 0 Å². The van der Waals surface area contributed by atoms with Crippen LogP contribution in [0.4, 0.5) is 5.95 Å². The van der Waals surface area contributed by atoms with E-state index in [0.29, 0.717) is 12.1 Å². The summed E-state index contributed by atoms with van der Waals surface area (Å²) in [7, 11) is 0. The fourth-order valence-corrected chi connectivity index (χ4v) is 2.77. The molecule has 120 valence electrons. The number of nitrogens with zero attached hydrogens (tertiary/aromatic N) is 3. The quantitative estimate of drug-likeness (QED) is 0.922. The molecule has 3 rings (SSSR count). The first-order valence-corrected chi connectivity index (χ1v) is 8.14. The van der Waals surface area contributed by atoms with Gasteiger partial charge >= 0.3 is 0 Å². The van der Waals surface area contributed by atoms with Gasteiger partial charge < -0.3 is 10.2 Å². The number of hydrogen-bond acceptors (Lipinski definition) is 4. The predicted octanol–water partition coefficient (Wildman–Crippen LogP) is 2.61. The molecule has 0 aliphatic carbocycles. The van der Waals surface area contributed by atoms with Gasteiger partial charge in [-0.15, -0.1) is 0 Å². The molecule has 1 saturated heterocycles. The minimum absolute atomic E-state index is 0.124. The Hall–Kier alpha value is -2.43. The third-order valence-electron chi connectivity index (χ3n) is 4.23. The summed E-state index contributed by atoms with van der Waals surface area (Å²) in [4.78, 5) is 23.0. The predicted molar refractivity (Wildman–Crippen MR) is 90.7 cm³/mol. The van der Waals surface area contributed by atoms with Crippen LogP contribution in [0, 0.1) is 0 Å². The lowest BCUT2D eigenvalue weighted by Gasteiger charge is -2.15. The molecular weight excluding hydrogens is 288 g/mol. The Bertz CT molecular complexity index is 636. The van der Waals surface area contributed by atoms with Crippen LogP contribution in [0.15, 0.2) is 42.7 Å². The lowest BCUT2D eigenvalue weighted by atomic mass is 10.0. The molecule has 1 aliphatic rings. The molecular formula is C18H22N4O. The third kappa shape index (κ3) is 3.86. The molecule has 1 N–H and O–H groups in total. The van der Waals surface area contributed by atoms with E-state index in [1.54, 1.807) is 12.4 Å². The number of rotatable bonds is 5. The van der Waals surface area contributed by atoms with Crippen molar-refractivity contribution >= 4 is 11.9 Å². The van der Waals surface area contributed by atoms with Gasteiger partial charge in [0.05, 0.1) is 5.56 Å². The first kappa shape index (κ1) is 15.5. The highest BCUT2D eigenvalue weighted by Crippen LogP contribution is 2.15. The van der Waals surface area contributed by atoms with Crippen molar-refractivity contribution in [3.8, 4) is 0 Å². The normalized spacial score (nSPS) is 15.4. The first-order valence-electron chi connectivity index (χ1n) is 8.14. The van der Waals surface area contributed by atoms with E-state index in [1.807, 2.05) is 18.2 Å². The zero-order valence-corrected chi connectivity index (χ0v) is 13.4. The standard InChI is InChI=1S/C18H22N4O/c1-14(15-7-3-2-4-8-15)11-19-17(23)16-12-20-18(21-13-16)22-9-5-6-10-22/h2-4,7-8,12-14H,5-6,9-11H2,1H3,(H,19,23)/t14-/m0/s1. The molecule has 2 aromatic rings. The van der Waals surface area contributed by atoms with Gasteiger partial charge in [0.15, 0.2) is 0 Å². The average molecular weight is 310 g/mol. The maximum absolute atomic E-state index is 12.2. The van der Waals surface area contributed by atoms with Crippen LogP contribution in [0.5, 0.6) is 0 Å². The molecule has 2 heterocycles. The second-order valence-corrected chi connectivity index (χ2v) is 5.99. The minimum Gasteiger partial charge on any atom is -0.351 e. The summed E-state index contributed by atoms with van der Waals surface area (Å²) in [5, 5.41) is 2.95. The van der Waals surface area contributed by atoms with Gasteiger partial charge in [0.25, 0.3) is 5.91 Å². The van der Waals surface area contributed by atoms with Gasteiger partial charge in [-0.05, 0) is 24.3 Å². The van der Waals surface area contributed by atoms with Gasteiger partial charge in [0.2, 0.25) is 5.95 Å². The van der Waals surface area contributed by atoms with E-state index in [1.165, 1.54) is 18.4 Å². The Morgan fingerprint density at radius 2 is 1.83 bits per heavy atom. The average Bonchev–Trinajstić information content (AvgIpc) is 3.15. The van der Waals surface area contributed by atoms with Crippen LogP contribution >= 0.6 is 0 Å². The maximum Gasteiger partial charge on any atom is 0.254 e. The summed E-state index contributed by atoms with van der Waals surface area (Å²) in [6.45, 7) is 4.69. The van der Waals surface area contributed by atoms with Crippen molar-refractivity contribution < 1.29 is 4.79 Å². The number of carbonyl (C=O) groups excluding carboxylic acids is 1. The van der Waals surface area contributed by atoms with Crippen molar-refractivity contribution in [2.75, 3.05) is 24.5 Å². The number of amides is 1. The molecule has 23 heavy (non-hydrogen) atoms. The first-order chi connectivity index (χ1) is 11.2. The second-order valence-electron chi connectivity index (χ2n) is 5.99. The largest absolute Gasteiger partial charge is 0.351 e. The van der Waals surface area contributed by atoms with E-state index in [2.05, 4.69) is 39.2 Å². The second kappa shape index (κ2) is 7.22. The molecule has 0 saturated carbocycles. The lowest BCUT2D eigenvalue weighted by Crippen LogP contribution is -2.28. The van der Waals surface area contributed by atoms with E-state index in [0.717, 1.165) is 19.0 Å². The monoisotopic (exact) mass is 310 g/mol. The van der Waals surface area contributed by atoms with E-state index in [-0.39, 0.29) is 11.8 Å². The molecule has 1 atom stereocenters. The van der Waals surface area contributed by atoms with Gasteiger partial charge in [0, 0.05) is 32.0 Å². The zero-order chi connectivity index (χ0) is 16.1. The molecule has 1 aromatic carbocycles. The summed E-state index contributed by atoms with van der Waals surface area (Å²) in [6, 6.07) is 10.2. The van der Waals surface area contributed by atoms with Crippen LogP contribution in [-0.2, 0) is 0 Å². The Kier molecular flexibility index (Phi) is 4.86. The van der Waals surface area contributed by atoms with Gasteiger partial charge in [-0.1, -0.05) is 37.3 Å². The fourth-order valence-electron chi connectivity index (χ4n) is 2.77. The summed E-state index contributed by atoms with van der Waals surface area (Å²) in [5.41, 5.74) is 1.72. The minimum atomic E-state index is -0.124. The van der Waals surface area contributed by atoms with Crippen molar-refractivity contribution in [2.24, 2.45) is 0 Å². The number of aromatic nitrogens is 2. The fraction of sp³-hybridized carbons (Fsp3) is 0.389. The molecule has 5 nitrogen and oxygen atoms in total. The molecule has 1 aromatic heterocycles. The van der Waals surface area contributed by atoms with E-state index < -0.39 is 0 Å². The molecule has 1 aliphatic heterocycles. The van der Waals surface area contributed by atoms with Crippen molar-refractivity contribution in [1.82, 2.24) is 15.3 Å². The van der Waals surface area contributed by atoms with Crippen LogP contribution in [0.3, 0.4) is 0 Å². The molecule has 0 unspecified atom stereocenters. The Balaban J connectivity index is 1.55. The SMILES string of the molecule is C[C@@H](CNC(=O)c1cnc(N2CCCC2)nc1)c1ccccc1. The Morgan fingerprint density at radius 1 is 1.17 bits per heavy atom. The summed E-state index contributed by atoms with van der Waals surface area (Å²) < 4.78 is 0. The number of carbonyl (C=O) groups is 1.